The highest BCUT2D eigenvalue weighted by molar-refractivity contribution is 5.18. The number of ether oxygens (including phenoxy) is 2. The molecule has 0 aliphatic rings. The summed E-state index contributed by atoms with van der Waals surface area (Å²) >= 11 is 0. The number of nitrogens with one attached hydrogen (secondary N) is 1. The molecule has 114 valence electrons. The average molecular weight is 279 g/mol. The van der Waals surface area contributed by atoms with Gasteiger partial charge in [-0.15, -0.1) is 0 Å². The van der Waals surface area contributed by atoms with Gasteiger partial charge in [0.1, 0.15) is 0 Å². The summed E-state index contributed by atoms with van der Waals surface area (Å²) in [5, 5.41) is 3.50. The van der Waals surface area contributed by atoms with Crippen LogP contribution in [0.25, 0.3) is 0 Å². The van der Waals surface area contributed by atoms with E-state index in [0.29, 0.717) is 13.2 Å². The fourth-order valence-electron chi connectivity index (χ4n) is 1.81. The van der Waals surface area contributed by atoms with Crippen LogP contribution in [0.3, 0.4) is 0 Å². The second-order valence-corrected chi connectivity index (χ2v) is 6.32. The third kappa shape index (κ3) is 7.63. The van der Waals surface area contributed by atoms with E-state index < -0.39 is 0 Å². The largest absolute Gasteiger partial charge is 0.376 e. The van der Waals surface area contributed by atoms with E-state index in [1.54, 1.807) is 0 Å². The van der Waals surface area contributed by atoms with Crippen molar-refractivity contribution in [1.82, 2.24) is 5.32 Å². The van der Waals surface area contributed by atoms with Crippen LogP contribution in [-0.2, 0) is 9.47 Å². The van der Waals surface area contributed by atoms with Crippen LogP contribution >= 0.6 is 0 Å². The SMILES string of the molecule is CC(C)OCCOC(CNC(C)(C)C)c1ccccc1. The number of benzene rings is 1. The Hall–Kier alpha value is -0.900. The number of rotatable bonds is 8. The molecule has 0 radical (unpaired) electrons. The minimum Gasteiger partial charge on any atom is -0.376 e. The van der Waals surface area contributed by atoms with Gasteiger partial charge in [-0.2, -0.15) is 0 Å². The Morgan fingerprint density at radius 2 is 1.60 bits per heavy atom. The van der Waals surface area contributed by atoms with Crippen LogP contribution in [0.5, 0.6) is 0 Å². The van der Waals surface area contributed by atoms with Crippen molar-refractivity contribution in [3.05, 3.63) is 35.9 Å². The van der Waals surface area contributed by atoms with Crippen LogP contribution in [0.2, 0.25) is 0 Å². The molecule has 0 aliphatic carbocycles. The fraction of sp³-hybridized carbons (Fsp3) is 0.647. The molecule has 0 saturated heterocycles. The molecule has 1 N–H and O–H groups in total. The van der Waals surface area contributed by atoms with Crippen molar-refractivity contribution in [2.75, 3.05) is 19.8 Å². The topological polar surface area (TPSA) is 30.5 Å². The van der Waals surface area contributed by atoms with Crippen LogP contribution in [0.15, 0.2) is 30.3 Å². The maximum Gasteiger partial charge on any atom is 0.0950 e. The summed E-state index contributed by atoms with van der Waals surface area (Å²) in [5.41, 5.74) is 1.29. The Bertz CT molecular complexity index is 357. The van der Waals surface area contributed by atoms with Crippen molar-refractivity contribution in [3.63, 3.8) is 0 Å². The van der Waals surface area contributed by atoms with E-state index in [1.165, 1.54) is 5.56 Å². The van der Waals surface area contributed by atoms with Gasteiger partial charge in [-0.1, -0.05) is 30.3 Å². The molecule has 1 unspecified atom stereocenters. The minimum atomic E-state index is 0.0613. The summed E-state index contributed by atoms with van der Waals surface area (Å²) in [7, 11) is 0. The van der Waals surface area contributed by atoms with Gasteiger partial charge in [-0.25, -0.2) is 0 Å². The van der Waals surface area contributed by atoms with E-state index in [1.807, 2.05) is 32.0 Å². The molecule has 0 heterocycles. The van der Waals surface area contributed by atoms with Gasteiger partial charge in [-0.05, 0) is 40.2 Å². The van der Waals surface area contributed by atoms with Crippen LogP contribution in [0.4, 0.5) is 0 Å². The lowest BCUT2D eigenvalue weighted by molar-refractivity contribution is -0.0146. The molecule has 1 aromatic carbocycles. The van der Waals surface area contributed by atoms with Gasteiger partial charge < -0.3 is 14.8 Å². The van der Waals surface area contributed by atoms with Crippen LogP contribution in [0.1, 0.15) is 46.3 Å². The molecular weight excluding hydrogens is 250 g/mol. The summed E-state index contributed by atoms with van der Waals surface area (Å²) in [6, 6.07) is 10.3. The molecule has 1 rings (SSSR count). The van der Waals surface area contributed by atoms with Crippen molar-refractivity contribution >= 4 is 0 Å². The number of hydrogen-bond donors (Lipinski definition) is 1. The maximum atomic E-state index is 5.99. The van der Waals surface area contributed by atoms with E-state index >= 15 is 0 Å². The summed E-state index contributed by atoms with van der Waals surface area (Å²) in [5.74, 6) is 0. The first kappa shape index (κ1) is 17.2. The van der Waals surface area contributed by atoms with Crippen LogP contribution < -0.4 is 5.32 Å². The first-order valence-corrected chi connectivity index (χ1v) is 7.41. The zero-order valence-electron chi connectivity index (χ0n) is 13.5. The van der Waals surface area contributed by atoms with E-state index in [0.717, 1.165) is 6.54 Å². The van der Waals surface area contributed by atoms with Crippen molar-refractivity contribution in [1.29, 1.82) is 0 Å². The molecule has 0 amide bonds. The van der Waals surface area contributed by atoms with Gasteiger partial charge in [0.15, 0.2) is 0 Å². The molecule has 3 heteroatoms. The highest BCUT2D eigenvalue weighted by atomic mass is 16.5. The molecule has 1 aromatic rings. The first-order chi connectivity index (χ1) is 9.38. The lowest BCUT2D eigenvalue weighted by Crippen LogP contribution is -2.39. The fourth-order valence-corrected chi connectivity index (χ4v) is 1.81. The second-order valence-electron chi connectivity index (χ2n) is 6.32. The summed E-state index contributed by atoms with van der Waals surface area (Å²) < 4.78 is 11.5. The summed E-state index contributed by atoms with van der Waals surface area (Å²) in [4.78, 5) is 0. The maximum absolute atomic E-state index is 5.99. The van der Waals surface area contributed by atoms with Crippen molar-refractivity contribution in [3.8, 4) is 0 Å². The summed E-state index contributed by atoms with van der Waals surface area (Å²) in [6.07, 6.45) is 0.313. The number of hydrogen-bond acceptors (Lipinski definition) is 3. The van der Waals surface area contributed by atoms with Crippen molar-refractivity contribution in [2.45, 2.75) is 52.4 Å². The van der Waals surface area contributed by atoms with Crippen molar-refractivity contribution < 1.29 is 9.47 Å². The minimum absolute atomic E-state index is 0.0613. The molecule has 0 aliphatic heterocycles. The highest BCUT2D eigenvalue weighted by Gasteiger charge is 2.16. The van der Waals surface area contributed by atoms with E-state index in [4.69, 9.17) is 9.47 Å². The zero-order chi connectivity index (χ0) is 15.0. The molecular formula is C17H29NO2. The molecule has 20 heavy (non-hydrogen) atoms. The smallest absolute Gasteiger partial charge is 0.0950 e. The lowest BCUT2D eigenvalue weighted by Gasteiger charge is -2.26. The lowest BCUT2D eigenvalue weighted by atomic mass is 10.1. The Kier molecular flexibility index (Phi) is 7.20. The van der Waals surface area contributed by atoms with E-state index in [-0.39, 0.29) is 17.7 Å². The molecule has 0 aromatic heterocycles. The van der Waals surface area contributed by atoms with Gasteiger partial charge in [0.05, 0.1) is 25.4 Å². The summed E-state index contributed by atoms with van der Waals surface area (Å²) in [6.45, 7) is 12.6. The zero-order valence-corrected chi connectivity index (χ0v) is 13.5. The van der Waals surface area contributed by atoms with Gasteiger partial charge in [-0.3, -0.25) is 0 Å². The molecule has 0 fully saturated rings. The van der Waals surface area contributed by atoms with E-state index in [9.17, 15) is 0 Å². The van der Waals surface area contributed by atoms with E-state index in [2.05, 4.69) is 38.2 Å². The Morgan fingerprint density at radius 3 is 2.15 bits per heavy atom. The second kappa shape index (κ2) is 8.40. The predicted octanol–water partition coefficient (Wildman–Crippen LogP) is 3.56. The Balaban J connectivity index is 2.51. The highest BCUT2D eigenvalue weighted by Crippen LogP contribution is 2.17. The monoisotopic (exact) mass is 279 g/mol. The van der Waals surface area contributed by atoms with Gasteiger partial charge >= 0.3 is 0 Å². The third-order valence-corrected chi connectivity index (χ3v) is 2.84. The van der Waals surface area contributed by atoms with Gasteiger partial charge in [0.2, 0.25) is 0 Å². The molecule has 0 spiro atoms. The Morgan fingerprint density at radius 1 is 1.00 bits per heavy atom. The first-order valence-electron chi connectivity index (χ1n) is 7.41. The quantitative estimate of drug-likeness (QED) is 0.738. The van der Waals surface area contributed by atoms with Gasteiger partial charge in [0.25, 0.3) is 0 Å². The van der Waals surface area contributed by atoms with Crippen molar-refractivity contribution in [2.24, 2.45) is 0 Å². The normalized spacial score (nSPS) is 13.7. The molecule has 0 saturated carbocycles. The third-order valence-electron chi connectivity index (χ3n) is 2.84. The predicted molar refractivity (Wildman–Crippen MR) is 84.0 cm³/mol. The van der Waals surface area contributed by atoms with Crippen LogP contribution in [0, 0.1) is 0 Å². The standard InChI is InChI=1S/C17H29NO2/c1-14(2)19-11-12-20-16(13-18-17(3,4)5)15-9-7-6-8-10-15/h6-10,14,16,18H,11-13H2,1-5H3. The van der Waals surface area contributed by atoms with Gasteiger partial charge in [0, 0.05) is 12.1 Å². The van der Waals surface area contributed by atoms with Crippen LogP contribution in [-0.4, -0.2) is 31.4 Å². The average Bonchev–Trinajstić information content (AvgIpc) is 2.37. The molecule has 3 nitrogen and oxygen atoms in total. The Labute approximate surface area is 123 Å². The molecule has 0 bridgehead atoms. The molecule has 1 atom stereocenters.